The predicted octanol–water partition coefficient (Wildman–Crippen LogP) is 4.36. The molecule has 2 aliphatic rings. The first-order chi connectivity index (χ1) is 9.93. The molecule has 1 aromatic carbocycles. The number of nitrogens with one attached hydrogen (secondary N) is 1. The normalized spacial score (nSPS) is 23.5. The van der Waals surface area contributed by atoms with Crippen molar-refractivity contribution in [2.75, 3.05) is 25.0 Å². The molecule has 1 heterocycles. The van der Waals surface area contributed by atoms with Crippen molar-refractivity contribution in [2.45, 2.75) is 31.5 Å². The third-order valence-corrected chi connectivity index (χ3v) is 4.74. The summed E-state index contributed by atoms with van der Waals surface area (Å²) in [6.45, 7) is 2.69. The molecule has 1 aromatic rings. The van der Waals surface area contributed by atoms with E-state index in [0.717, 1.165) is 31.6 Å². The molecule has 2 fully saturated rings. The Kier molecular flexibility index (Phi) is 4.19. The van der Waals surface area contributed by atoms with Crippen LogP contribution in [-0.4, -0.2) is 30.6 Å². The topological polar surface area (TPSA) is 15.3 Å². The molecule has 1 N–H and O–H groups in total. The number of hydrogen-bond donors (Lipinski definition) is 1. The van der Waals surface area contributed by atoms with Gasteiger partial charge in [0.15, 0.2) is 0 Å². The van der Waals surface area contributed by atoms with E-state index in [1.165, 1.54) is 25.0 Å². The molecule has 1 aliphatic heterocycles. The third-order valence-electron chi connectivity index (χ3n) is 4.25. The first kappa shape index (κ1) is 15.2. The fourth-order valence-electron chi connectivity index (χ4n) is 2.96. The molecule has 0 spiro atoms. The van der Waals surface area contributed by atoms with Crippen molar-refractivity contribution in [1.29, 1.82) is 0 Å². The van der Waals surface area contributed by atoms with Crippen LogP contribution in [-0.2, 0) is 6.18 Å². The molecule has 2 nitrogen and oxygen atoms in total. The van der Waals surface area contributed by atoms with Crippen LogP contribution < -0.4 is 5.32 Å². The maximum absolute atomic E-state index is 13.0. The number of benzene rings is 1. The van der Waals surface area contributed by atoms with Gasteiger partial charge >= 0.3 is 6.18 Å². The molecule has 116 valence electrons. The SMILES string of the molecule is FC(F)(F)c1ccc(Br)cc1NCC1CCN(C2CC2)C1. The van der Waals surface area contributed by atoms with Gasteiger partial charge in [0, 0.05) is 29.3 Å². The lowest BCUT2D eigenvalue weighted by molar-refractivity contribution is -0.137. The molecule has 1 saturated heterocycles. The van der Waals surface area contributed by atoms with E-state index < -0.39 is 11.7 Å². The third kappa shape index (κ3) is 3.72. The highest BCUT2D eigenvalue weighted by molar-refractivity contribution is 9.10. The van der Waals surface area contributed by atoms with E-state index in [2.05, 4.69) is 26.1 Å². The summed E-state index contributed by atoms with van der Waals surface area (Å²) >= 11 is 3.24. The largest absolute Gasteiger partial charge is 0.418 e. The number of likely N-dealkylation sites (tertiary alicyclic amines) is 1. The highest BCUT2D eigenvalue weighted by Gasteiger charge is 2.35. The summed E-state index contributed by atoms with van der Waals surface area (Å²) in [7, 11) is 0. The second-order valence-corrected chi connectivity index (χ2v) is 6.87. The molecule has 0 radical (unpaired) electrons. The zero-order valence-corrected chi connectivity index (χ0v) is 13.2. The van der Waals surface area contributed by atoms with E-state index >= 15 is 0 Å². The van der Waals surface area contributed by atoms with E-state index in [1.807, 2.05) is 0 Å². The Balaban J connectivity index is 1.63. The van der Waals surface area contributed by atoms with Crippen molar-refractivity contribution < 1.29 is 13.2 Å². The summed E-state index contributed by atoms with van der Waals surface area (Å²) in [5.74, 6) is 0.436. The second-order valence-electron chi connectivity index (χ2n) is 5.95. The number of hydrogen-bond acceptors (Lipinski definition) is 2. The van der Waals surface area contributed by atoms with E-state index in [9.17, 15) is 13.2 Å². The highest BCUT2D eigenvalue weighted by atomic mass is 79.9. The summed E-state index contributed by atoms with van der Waals surface area (Å²) < 4.78 is 39.6. The molecule has 6 heteroatoms. The number of anilines is 1. The van der Waals surface area contributed by atoms with Crippen molar-refractivity contribution in [3.63, 3.8) is 0 Å². The average molecular weight is 363 g/mol. The minimum atomic E-state index is -4.32. The van der Waals surface area contributed by atoms with Crippen LogP contribution >= 0.6 is 15.9 Å². The molecular formula is C15H18BrF3N2. The van der Waals surface area contributed by atoms with Gasteiger partial charge in [-0.15, -0.1) is 0 Å². The fourth-order valence-corrected chi connectivity index (χ4v) is 3.33. The number of alkyl halides is 3. The quantitative estimate of drug-likeness (QED) is 0.855. The summed E-state index contributed by atoms with van der Waals surface area (Å²) in [5.41, 5.74) is -0.426. The maximum atomic E-state index is 13.0. The summed E-state index contributed by atoms with van der Waals surface area (Å²) in [6, 6.07) is 4.80. The molecule has 1 saturated carbocycles. The molecule has 21 heavy (non-hydrogen) atoms. The van der Waals surface area contributed by atoms with Gasteiger partial charge in [-0.2, -0.15) is 13.2 Å². The van der Waals surface area contributed by atoms with Crippen LogP contribution in [0.4, 0.5) is 18.9 Å². The number of nitrogens with zero attached hydrogens (tertiary/aromatic N) is 1. The first-order valence-electron chi connectivity index (χ1n) is 7.28. The van der Waals surface area contributed by atoms with Gasteiger partial charge < -0.3 is 10.2 Å². The van der Waals surface area contributed by atoms with Crippen LogP contribution in [0.15, 0.2) is 22.7 Å². The molecule has 1 atom stereocenters. The molecule has 0 aromatic heterocycles. The Bertz CT molecular complexity index is 514. The maximum Gasteiger partial charge on any atom is 0.418 e. The van der Waals surface area contributed by atoms with Crippen LogP contribution in [0.1, 0.15) is 24.8 Å². The van der Waals surface area contributed by atoms with Crippen molar-refractivity contribution in [1.82, 2.24) is 4.90 Å². The Morgan fingerprint density at radius 1 is 1.24 bits per heavy atom. The second kappa shape index (κ2) is 5.80. The minimum Gasteiger partial charge on any atom is -0.384 e. The lowest BCUT2D eigenvalue weighted by atomic mass is 10.1. The summed E-state index contributed by atoms with van der Waals surface area (Å²) in [5, 5.41) is 3.01. The van der Waals surface area contributed by atoms with Gasteiger partial charge in [-0.1, -0.05) is 15.9 Å². The van der Waals surface area contributed by atoms with Crippen LogP contribution in [0.3, 0.4) is 0 Å². The molecule has 3 rings (SSSR count). The van der Waals surface area contributed by atoms with Crippen LogP contribution in [0.5, 0.6) is 0 Å². The summed E-state index contributed by atoms with van der Waals surface area (Å²) in [6.07, 6.45) is -0.689. The van der Waals surface area contributed by atoms with Crippen molar-refractivity contribution in [2.24, 2.45) is 5.92 Å². The fraction of sp³-hybridized carbons (Fsp3) is 0.600. The van der Waals surface area contributed by atoms with Gasteiger partial charge in [0.05, 0.1) is 5.56 Å². The Morgan fingerprint density at radius 3 is 2.67 bits per heavy atom. The van der Waals surface area contributed by atoms with Crippen molar-refractivity contribution >= 4 is 21.6 Å². The van der Waals surface area contributed by atoms with Crippen molar-refractivity contribution in [3.8, 4) is 0 Å². The van der Waals surface area contributed by atoms with E-state index in [-0.39, 0.29) is 5.69 Å². The zero-order valence-electron chi connectivity index (χ0n) is 11.6. The minimum absolute atomic E-state index is 0.168. The van der Waals surface area contributed by atoms with Gasteiger partial charge in [0.1, 0.15) is 0 Å². The average Bonchev–Trinajstić information content (AvgIpc) is 3.14. The zero-order chi connectivity index (χ0) is 15.0. The van der Waals surface area contributed by atoms with Gasteiger partial charge in [0.2, 0.25) is 0 Å². The predicted molar refractivity (Wildman–Crippen MR) is 80.3 cm³/mol. The van der Waals surface area contributed by atoms with E-state index in [0.29, 0.717) is 16.9 Å². The summed E-state index contributed by atoms with van der Waals surface area (Å²) in [4.78, 5) is 2.47. The Morgan fingerprint density at radius 2 is 2.00 bits per heavy atom. The Hall–Kier alpha value is -0.750. The van der Waals surface area contributed by atoms with Crippen LogP contribution in [0.25, 0.3) is 0 Å². The van der Waals surface area contributed by atoms with E-state index in [1.54, 1.807) is 0 Å². The molecule has 0 amide bonds. The number of rotatable bonds is 4. The van der Waals surface area contributed by atoms with Gasteiger partial charge in [-0.25, -0.2) is 0 Å². The number of halogens is 4. The lowest BCUT2D eigenvalue weighted by Crippen LogP contribution is -2.25. The monoisotopic (exact) mass is 362 g/mol. The standard InChI is InChI=1S/C15H18BrF3N2/c16-11-1-4-13(15(17,18)19)14(7-11)20-8-10-5-6-21(9-10)12-2-3-12/h1,4,7,10,12,20H,2-3,5-6,8-9H2. The van der Waals surface area contributed by atoms with Gasteiger partial charge in [-0.05, 0) is 49.9 Å². The van der Waals surface area contributed by atoms with Gasteiger partial charge in [-0.3, -0.25) is 0 Å². The van der Waals surface area contributed by atoms with Crippen LogP contribution in [0, 0.1) is 5.92 Å². The van der Waals surface area contributed by atoms with Crippen LogP contribution in [0.2, 0.25) is 0 Å². The smallest absolute Gasteiger partial charge is 0.384 e. The molecule has 1 aliphatic carbocycles. The van der Waals surface area contributed by atoms with E-state index in [4.69, 9.17) is 0 Å². The Labute approximate surface area is 130 Å². The molecular weight excluding hydrogens is 345 g/mol. The van der Waals surface area contributed by atoms with Gasteiger partial charge in [0.25, 0.3) is 0 Å². The lowest BCUT2D eigenvalue weighted by Gasteiger charge is -2.18. The molecule has 1 unspecified atom stereocenters. The van der Waals surface area contributed by atoms with Crippen molar-refractivity contribution in [3.05, 3.63) is 28.2 Å². The first-order valence-corrected chi connectivity index (χ1v) is 8.07. The highest BCUT2D eigenvalue weighted by Crippen LogP contribution is 2.37. The molecule has 0 bridgehead atoms.